The zero-order chi connectivity index (χ0) is 11.0. The summed E-state index contributed by atoms with van der Waals surface area (Å²) < 4.78 is 0. The first-order chi connectivity index (χ1) is 7.84. The molecule has 1 aliphatic carbocycles. The number of aliphatic hydroxyl groups is 1. The van der Waals surface area contributed by atoms with Crippen molar-refractivity contribution in [1.82, 2.24) is 15.0 Å². The van der Waals surface area contributed by atoms with Crippen LogP contribution in [0.4, 0.5) is 0 Å². The average Bonchev–Trinajstić information content (AvgIpc) is 2.95. The number of nitrogens with zero attached hydrogens (tertiary/aromatic N) is 2. The molecule has 3 rings (SSSR count). The minimum atomic E-state index is -0.164. The zero-order valence-electron chi connectivity index (χ0n) is 8.85. The molecule has 4 heteroatoms. The van der Waals surface area contributed by atoms with Gasteiger partial charge in [-0.3, -0.25) is 0 Å². The maximum absolute atomic E-state index is 9.34. The molecule has 2 heterocycles. The Morgan fingerprint density at radius 1 is 1.38 bits per heavy atom. The summed E-state index contributed by atoms with van der Waals surface area (Å²) in [5, 5.41) is 9.34. The highest BCUT2D eigenvalue weighted by atomic mass is 16.3. The van der Waals surface area contributed by atoms with Crippen molar-refractivity contribution in [2.45, 2.75) is 18.3 Å². The molecule has 4 nitrogen and oxygen atoms in total. The van der Waals surface area contributed by atoms with E-state index < -0.39 is 0 Å². The fraction of sp³-hybridized carbons (Fsp3) is 0.333. The number of aromatic amines is 1. The van der Waals surface area contributed by atoms with E-state index in [9.17, 15) is 5.11 Å². The van der Waals surface area contributed by atoms with Crippen LogP contribution >= 0.6 is 0 Å². The number of aromatic nitrogens is 3. The Balaban J connectivity index is 2.01. The van der Waals surface area contributed by atoms with Gasteiger partial charge in [-0.15, -0.1) is 0 Å². The Morgan fingerprint density at radius 2 is 2.25 bits per heavy atom. The highest BCUT2D eigenvalue weighted by Gasteiger charge is 2.46. The summed E-state index contributed by atoms with van der Waals surface area (Å²) >= 11 is 0. The minimum Gasteiger partial charge on any atom is -0.395 e. The van der Waals surface area contributed by atoms with Crippen molar-refractivity contribution in [3.8, 4) is 11.4 Å². The van der Waals surface area contributed by atoms with Gasteiger partial charge in [0.2, 0.25) is 0 Å². The predicted molar refractivity (Wildman–Crippen MR) is 59.8 cm³/mol. The zero-order valence-corrected chi connectivity index (χ0v) is 8.85. The van der Waals surface area contributed by atoms with Crippen LogP contribution in [-0.4, -0.2) is 26.7 Å². The average molecular weight is 215 g/mol. The third-order valence-corrected chi connectivity index (χ3v) is 3.16. The van der Waals surface area contributed by atoms with Crippen LogP contribution in [0.25, 0.3) is 11.4 Å². The lowest BCUT2D eigenvalue weighted by Crippen LogP contribution is -2.16. The lowest BCUT2D eigenvalue weighted by atomic mass is 10.1. The number of aliphatic hydroxyl groups excluding tert-OH is 1. The summed E-state index contributed by atoms with van der Waals surface area (Å²) in [6, 6.07) is 5.80. The topological polar surface area (TPSA) is 61.8 Å². The first kappa shape index (κ1) is 9.54. The molecule has 0 bridgehead atoms. The minimum absolute atomic E-state index is 0.140. The second-order valence-electron chi connectivity index (χ2n) is 4.29. The van der Waals surface area contributed by atoms with E-state index >= 15 is 0 Å². The lowest BCUT2D eigenvalue weighted by Gasteiger charge is -2.10. The molecule has 2 N–H and O–H groups in total. The number of rotatable bonds is 3. The number of H-pyrrole nitrogens is 1. The highest BCUT2D eigenvalue weighted by molar-refractivity contribution is 5.53. The van der Waals surface area contributed by atoms with E-state index in [1.165, 1.54) is 0 Å². The van der Waals surface area contributed by atoms with Gasteiger partial charge in [-0.25, -0.2) is 9.97 Å². The molecule has 0 spiro atoms. The molecule has 0 unspecified atom stereocenters. The molecule has 0 atom stereocenters. The van der Waals surface area contributed by atoms with Gasteiger partial charge >= 0.3 is 0 Å². The maximum atomic E-state index is 9.34. The van der Waals surface area contributed by atoms with E-state index in [4.69, 9.17) is 0 Å². The van der Waals surface area contributed by atoms with Gasteiger partial charge in [0.1, 0.15) is 5.82 Å². The summed E-state index contributed by atoms with van der Waals surface area (Å²) in [5.74, 6) is 0.766. The molecule has 82 valence electrons. The molecule has 2 aromatic heterocycles. The van der Waals surface area contributed by atoms with Gasteiger partial charge < -0.3 is 10.1 Å². The van der Waals surface area contributed by atoms with Crippen LogP contribution in [0.15, 0.2) is 30.6 Å². The molecule has 0 saturated heterocycles. The van der Waals surface area contributed by atoms with Crippen molar-refractivity contribution >= 4 is 0 Å². The van der Waals surface area contributed by atoms with Crippen molar-refractivity contribution < 1.29 is 5.11 Å². The van der Waals surface area contributed by atoms with Gasteiger partial charge in [0.25, 0.3) is 0 Å². The van der Waals surface area contributed by atoms with E-state index in [1.54, 1.807) is 6.20 Å². The molecular weight excluding hydrogens is 202 g/mol. The van der Waals surface area contributed by atoms with Gasteiger partial charge in [-0.1, -0.05) is 0 Å². The second-order valence-corrected chi connectivity index (χ2v) is 4.29. The third-order valence-electron chi connectivity index (χ3n) is 3.16. The fourth-order valence-corrected chi connectivity index (χ4v) is 1.86. The molecule has 2 aromatic rings. The largest absolute Gasteiger partial charge is 0.395 e. The lowest BCUT2D eigenvalue weighted by molar-refractivity contribution is 0.250. The highest BCUT2D eigenvalue weighted by Crippen LogP contribution is 2.46. The Bertz CT molecular complexity index is 489. The van der Waals surface area contributed by atoms with Crippen LogP contribution in [0.5, 0.6) is 0 Å². The molecule has 1 aliphatic rings. The van der Waals surface area contributed by atoms with Crippen molar-refractivity contribution in [2.75, 3.05) is 6.61 Å². The predicted octanol–water partition coefficient (Wildman–Crippen LogP) is 1.50. The van der Waals surface area contributed by atoms with Gasteiger partial charge in [0.15, 0.2) is 0 Å². The van der Waals surface area contributed by atoms with E-state index in [0.29, 0.717) is 0 Å². The third kappa shape index (κ3) is 1.42. The summed E-state index contributed by atoms with van der Waals surface area (Å²) in [6.07, 6.45) is 5.60. The van der Waals surface area contributed by atoms with Gasteiger partial charge in [0.05, 0.1) is 23.4 Å². The Morgan fingerprint density at radius 3 is 2.88 bits per heavy atom. The molecular formula is C12H13N3O. The number of nitrogens with one attached hydrogen (secondary N) is 1. The Hall–Kier alpha value is -1.68. The van der Waals surface area contributed by atoms with Gasteiger partial charge in [-0.2, -0.15) is 0 Å². The second kappa shape index (κ2) is 3.42. The maximum Gasteiger partial charge on any atom is 0.137 e. The number of hydrogen-bond acceptors (Lipinski definition) is 3. The SMILES string of the molecule is OCC1(c2nccc(-c3ccc[nH]3)n2)CC1. The van der Waals surface area contributed by atoms with E-state index in [0.717, 1.165) is 30.1 Å². The van der Waals surface area contributed by atoms with Crippen LogP contribution in [0, 0.1) is 0 Å². The summed E-state index contributed by atoms with van der Waals surface area (Å²) in [5.41, 5.74) is 1.70. The molecule has 1 fully saturated rings. The molecule has 16 heavy (non-hydrogen) atoms. The molecule has 0 amide bonds. The van der Waals surface area contributed by atoms with Crippen LogP contribution in [0.2, 0.25) is 0 Å². The molecule has 1 saturated carbocycles. The van der Waals surface area contributed by atoms with Crippen molar-refractivity contribution in [2.24, 2.45) is 0 Å². The van der Waals surface area contributed by atoms with E-state index in [2.05, 4.69) is 15.0 Å². The number of hydrogen-bond donors (Lipinski definition) is 2. The summed E-state index contributed by atoms with van der Waals surface area (Å²) in [4.78, 5) is 11.9. The first-order valence-electron chi connectivity index (χ1n) is 5.42. The quantitative estimate of drug-likeness (QED) is 0.815. The van der Waals surface area contributed by atoms with Crippen LogP contribution < -0.4 is 0 Å². The van der Waals surface area contributed by atoms with E-state index in [-0.39, 0.29) is 12.0 Å². The Labute approximate surface area is 93.4 Å². The fourth-order valence-electron chi connectivity index (χ4n) is 1.86. The smallest absolute Gasteiger partial charge is 0.137 e. The van der Waals surface area contributed by atoms with Crippen molar-refractivity contribution in [3.05, 3.63) is 36.4 Å². The van der Waals surface area contributed by atoms with Crippen LogP contribution in [0.3, 0.4) is 0 Å². The summed E-state index contributed by atoms with van der Waals surface area (Å²) in [6.45, 7) is 0.140. The Kier molecular flexibility index (Phi) is 2.04. The van der Waals surface area contributed by atoms with Gasteiger partial charge in [0, 0.05) is 12.4 Å². The van der Waals surface area contributed by atoms with Crippen molar-refractivity contribution in [3.63, 3.8) is 0 Å². The van der Waals surface area contributed by atoms with E-state index in [1.807, 2.05) is 24.4 Å². The standard InChI is InChI=1S/C12H13N3O/c16-8-12(4-5-12)11-14-7-3-10(15-11)9-2-1-6-13-9/h1-3,6-7,13,16H,4-5,8H2. The van der Waals surface area contributed by atoms with Crippen LogP contribution in [0.1, 0.15) is 18.7 Å². The van der Waals surface area contributed by atoms with Crippen molar-refractivity contribution in [1.29, 1.82) is 0 Å². The monoisotopic (exact) mass is 215 g/mol. The van der Waals surface area contributed by atoms with Gasteiger partial charge in [-0.05, 0) is 31.0 Å². The molecule has 0 aliphatic heterocycles. The summed E-state index contributed by atoms with van der Waals surface area (Å²) in [7, 11) is 0. The molecule has 0 radical (unpaired) electrons. The molecule has 0 aromatic carbocycles. The van der Waals surface area contributed by atoms with Crippen LogP contribution in [-0.2, 0) is 5.41 Å². The first-order valence-corrected chi connectivity index (χ1v) is 5.42. The normalized spacial score (nSPS) is 17.3.